The third kappa shape index (κ3) is 1.49. The van der Waals surface area contributed by atoms with E-state index in [-0.39, 0.29) is 12.1 Å². The predicted octanol–water partition coefficient (Wildman–Crippen LogP) is 2.08. The number of aliphatic hydroxyl groups excluding tert-OH is 1. The molecule has 2 unspecified atom stereocenters. The molecular weight excluding hydrogens is 198 g/mol. The van der Waals surface area contributed by atoms with E-state index >= 15 is 0 Å². The quantitative estimate of drug-likeness (QED) is 0.769. The van der Waals surface area contributed by atoms with Gasteiger partial charge in [-0.25, -0.2) is 0 Å². The Labute approximate surface area is 89.1 Å². The molecule has 76 valence electrons. The van der Waals surface area contributed by atoms with E-state index in [1.165, 1.54) is 11.3 Å². The zero-order valence-electron chi connectivity index (χ0n) is 8.37. The Morgan fingerprint density at radius 2 is 2.29 bits per heavy atom. The highest BCUT2D eigenvalue weighted by molar-refractivity contribution is 6.30. The van der Waals surface area contributed by atoms with Crippen molar-refractivity contribution in [2.75, 3.05) is 11.9 Å². The van der Waals surface area contributed by atoms with Crippen LogP contribution in [0.5, 0.6) is 0 Å². The number of rotatable bonds is 1. The normalized spacial score (nSPS) is 22.3. The molecule has 0 bridgehead atoms. The summed E-state index contributed by atoms with van der Waals surface area (Å²) in [6, 6.07) is 6.07. The molecule has 0 saturated carbocycles. The molecule has 0 amide bonds. The Morgan fingerprint density at radius 1 is 1.57 bits per heavy atom. The van der Waals surface area contributed by atoms with Crippen LogP contribution in [0, 0.1) is 0 Å². The molecule has 0 radical (unpaired) electrons. The standard InChI is InChI=1S/C11H14ClNO/c1-7(14)11-6-8-5-9(12)3-4-10(8)13(11)2/h3-5,7,11,14H,6H2,1-2H3. The van der Waals surface area contributed by atoms with E-state index in [1.807, 2.05) is 32.2 Å². The van der Waals surface area contributed by atoms with Crippen molar-refractivity contribution in [3.63, 3.8) is 0 Å². The Bertz CT molecular complexity index is 351. The molecule has 0 spiro atoms. The van der Waals surface area contributed by atoms with Gasteiger partial charge in [0.1, 0.15) is 0 Å². The third-order valence-corrected chi connectivity index (χ3v) is 3.14. The maximum Gasteiger partial charge on any atom is 0.0718 e. The van der Waals surface area contributed by atoms with E-state index < -0.39 is 0 Å². The highest BCUT2D eigenvalue weighted by atomic mass is 35.5. The van der Waals surface area contributed by atoms with Crippen LogP contribution in [0.15, 0.2) is 18.2 Å². The van der Waals surface area contributed by atoms with Gasteiger partial charge in [-0.15, -0.1) is 0 Å². The second-order valence-corrected chi connectivity index (χ2v) is 4.33. The molecule has 0 aromatic heterocycles. The van der Waals surface area contributed by atoms with Crippen molar-refractivity contribution >= 4 is 17.3 Å². The van der Waals surface area contributed by atoms with Crippen molar-refractivity contribution in [2.45, 2.75) is 25.5 Å². The highest BCUT2D eigenvalue weighted by Crippen LogP contribution is 2.33. The molecule has 2 rings (SSSR count). The van der Waals surface area contributed by atoms with Crippen LogP contribution < -0.4 is 4.90 Å². The fraction of sp³-hybridized carbons (Fsp3) is 0.455. The van der Waals surface area contributed by atoms with Crippen molar-refractivity contribution in [3.8, 4) is 0 Å². The second-order valence-electron chi connectivity index (χ2n) is 3.90. The van der Waals surface area contributed by atoms with Crippen molar-refractivity contribution in [1.82, 2.24) is 0 Å². The second kappa shape index (κ2) is 3.44. The molecule has 1 N–H and O–H groups in total. The minimum atomic E-state index is -0.314. The average molecular weight is 212 g/mol. The summed E-state index contributed by atoms with van der Waals surface area (Å²) in [5.74, 6) is 0. The molecule has 0 saturated heterocycles. The number of likely N-dealkylation sites (N-methyl/N-ethyl adjacent to an activating group) is 1. The van der Waals surface area contributed by atoms with Crippen LogP contribution >= 0.6 is 11.6 Å². The van der Waals surface area contributed by atoms with E-state index in [4.69, 9.17) is 11.6 Å². The number of anilines is 1. The summed E-state index contributed by atoms with van der Waals surface area (Å²) in [5, 5.41) is 10.4. The predicted molar refractivity (Wildman–Crippen MR) is 59.0 cm³/mol. The molecule has 14 heavy (non-hydrogen) atoms. The topological polar surface area (TPSA) is 23.5 Å². The molecule has 1 aliphatic heterocycles. The van der Waals surface area contributed by atoms with E-state index in [0.717, 1.165) is 11.4 Å². The average Bonchev–Trinajstić information content (AvgIpc) is 2.43. The lowest BCUT2D eigenvalue weighted by Crippen LogP contribution is -2.37. The largest absolute Gasteiger partial charge is 0.391 e. The molecule has 1 aromatic carbocycles. The fourth-order valence-electron chi connectivity index (χ4n) is 2.10. The summed E-state index contributed by atoms with van der Waals surface area (Å²) < 4.78 is 0. The highest BCUT2D eigenvalue weighted by Gasteiger charge is 2.29. The van der Waals surface area contributed by atoms with Gasteiger partial charge in [0.15, 0.2) is 0 Å². The smallest absolute Gasteiger partial charge is 0.0718 e. The first-order valence-corrected chi connectivity index (χ1v) is 5.16. The Balaban J connectivity index is 2.35. The molecule has 1 aromatic rings. The molecule has 0 fully saturated rings. The van der Waals surface area contributed by atoms with Crippen LogP contribution in [-0.2, 0) is 6.42 Å². The van der Waals surface area contributed by atoms with Crippen molar-refractivity contribution in [2.24, 2.45) is 0 Å². The van der Waals surface area contributed by atoms with Crippen LogP contribution in [0.2, 0.25) is 5.02 Å². The fourth-order valence-corrected chi connectivity index (χ4v) is 2.29. The number of nitrogens with zero attached hydrogens (tertiary/aromatic N) is 1. The van der Waals surface area contributed by atoms with Crippen molar-refractivity contribution in [1.29, 1.82) is 0 Å². The van der Waals surface area contributed by atoms with Gasteiger partial charge in [0.2, 0.25) is 0 Å². The molecule has 1 heterocycles. The van der Waals surface area contributed by atoms with Crippen LogP contribution in [0.25, 0.3) is 0 Å². The lowest BCUT2D eigenvalue weighted by molar-refractivity contribution is 0.164. The number of hydrogen-bond acceptors (Lipinski definition) is 2. The Morgan fingerprint density at radius 3 is 2.93 bits per heavy atom. The maximum atomic E-state index is 9.59. The first kappa shape index (κ1) is 9.81. The number of aliphatic hydroxyl groups is 1. The van der Waals surface area contributed by atoms with Gasteiger partial charge in [-0.1, -0.05) is 11.6 Å². The first-order valence-electron chi connectivity index (χ1n) is 4.79. The molecule has 1 aliphatic rings. The number of hydrogen-bond donors (Lipinski definition) is 1. The van der Waals surface area contributed by atoms with Gasteiger partial charge >= 0.3 is 0 Å². The van der Waals surface area contributed by atoms with Crippen LogP contribution in [0.1, 0.15) is 12.5 Å². The molecule has 2 atom stereocenters. The van der Waals surface area contributed by atoms with E-state index in [2.05, 4.69) is 4.90 Å². The van der Waals surface area contributed by atoms with Gasteiger partial charge < -0.3 is 10.0 Å². The van der Waals surface area contributed by atoms with Gasteiger partial charge in [-0.2, -0.15) is 0 Å². The lowest BCUT2D eigenvalue weighted by atomic mass is 10.1. The minimum absolute atomic E-state index is 0.184. The zero-order valence-corrected chi connectivity index (χ0v) is 9.12. The van der Waals surface area contributed by atoms with Crippen molar-refractivity contribution in [3.05, 3.63) is 28.8 Å². The summed E-state index contributed by atoms with van der Waals surface area (Å²) in [6.07, 6.45) is 0.565. The van der Waals surface area contributed by atoms with E-state index in [0.29, 0.717) is 0 Å². The van der Waals surface area contributed by atoms with Crippen molar-refractivity contribution < 1.29 is 5.11 Å². The summed E-state index contributed by atoms with van der Waals surface area (Å²) in [4.78, 5) is 2.12. The monoisotopic (exact) mass is 211 g/mol. The number of fused-ring (bicyclic) bond motifs is 1. The summed E-state index contributed by atoms with van der Waals surface area (Å²) in [7, 11) is 2.01. The van der Waals surface area contributed by atoms with Gasteiger partial charge in [0, 0.05) is 17.8 Å². The summed E-state index contributed by atoms with van der Waals surface area (Å²) >= 11 is 5.92. The maximum absolute atomic E-state index is 9.59. The number of benzene rings is 1. The SMILES string of the molecule is CC(O)C1Cc2cc(Cl)ccc2N1C. The summed E-state index contributed by atoms with van der Waals surface area (Å²) in [6.45, 7) is 1.83. The zero-order chi connectivity index (χ0) is 10.3. The third-order valence-electron chi connectivity index (χ3n) is 2.90. The van der Waals surface area contributed by atoms with Gasteiger partial charge in [0.25, 0.3) is 0 Å². The Kier molecular flexibility index (Phi) is 2.41. The van der Waals surface area contributed by atoms with Gasteiger partial charge in [0.05, 0.1) is 12.1 Å². The molecule has 0 aliphatic carbocycles. The molecular formula is C11H14ClNO. The Hall–Kier alpha value is -0.730. The molecule has 2 nitrogen and oxygen atoms in total. The number of halogens is 1. The van der Waals surface area contributed by atoms with Crippen LogP contribution in [0.3, 0.4) is 0 Å². The van der Waals surface area contributed by atoms with E-state index in [9.17, 15) is 5.11 Å². The minimum Gasteiger partial charge on any atom is -0.391 e. The van der Waals surface area contributed by atoms with Gasteiger partial charge in [-0.05, 0) is 37.1 Å². The summed E-state index contributed by atoms with van der Waals surface area (Å²) in [5.41, 5.74) is 2.41. The van der Waals surface area contributed by atoms with E-state index in [1.54, 1.807) is 0 Å². The first-order chi connectivity index (χ1) is 6.59. The lowest BCUT2D eigenvalue weighted by Gasteiger charge is -2.24. The van der Waals surface area contributed by atoms with Crippen LogP contribution in [0.4, 0.5) is 5.69 Å². The molecule has 3 heteroatoms. The van der Waals surface area contributed by atoms with Crippen LogP contribution in [-0.4, -0.2) is 24.3 Å². The van der Waals surface area contributed by atoms with Gasteiger partial charge in [-0.3, -0.25) is 0 Å².